The molecule has 1 aromatic rings. The Morgan fingerprint density at radius 2 is 2.10 bits per heavy atom. The molecule has 4 nitrogen and oxygen atoms in total. The molecular weight excluding hydrogens is 154 g/mol. The first-order chi connectivity index (χ1) is 4.33. The standard InChI is InChI=1S/C5H5N3O.ClH/c6-5-2-7-4(3-9)1-8-5;/h1-3H,(H2,6,8);1H. The molecule has 5 heteroatoms. The lowest BCUT2D eigenvalue weighted by molar-refractivity contribution is 0.111. The Morgan fingerprint density at radius 3 is 2.50 bits per heavy atom. The lowest BCUT2D eigenvalue weighted by Gasteiger charge is -1.88. The van der Waals surface area contributed by atoms with Gasteiger partial charge >= 0.3 is 0 Å². The number of hydrogen-bond acceptors (Lipinski definition) is 4. The second-order valence-electron chi connectivity index (χ2n) is 1.48. The molecule has 0 amide bonds. The van der Waals surface area contributed by atoms with Crippen LogP contribution in [0.5, 0.6) is 0 Å². The topological polar surface area (TPSA) is 68.9 Å². The minimum atomic E-state index is 0. The van der Waals surface area contributed by atoms with Gasteiger partial charge in [-0.3, -0.25) is 4.79 Å². The molecule has 0 fully saturated rings. The summed E-state index contributed by atoms with van der Waals surface area (Å²) in [5, 5.41) is 0. The van der Waals surface area contributed by atoms with Gasteiger partial charge in [-0.05, 0) is 0 Å². The lowest BCUT2D eigenvalue weighted by atomic mass is 10.5. The Hall–Kier alpha value is -1.16. The largest absolute Gasteiger partial charge is 0.382 e. The number of nitrogens with zero attached hydrogens (tertiary/aromatic N) is 2. The quantitative estimate of drug-likeness (QED) is 0.599. The van der Waals surface area contributed by atoms with E-state index >= 15 is 0 Å². The number of carbonyl (C=O) groups is 1. The first-order valence-corrected chi connectivity index (χ1v) is 2.35. The van der Waals surface area contributed by atoms with Crippen LogP contribution in [0.3, 0.4) is 0 Å². The molecule has 0 saturated heterocycles. The van der Waals surface area contributed by atoms with Gasteiger partial charge in [0.25, 0.3) is 0 Å². The molecule has 1 aromatic heterocycles. The van der Waals surface area contributed by atoms with Gasteiger partial charge in [-0.2, -0.15) is 0 Å². The fourth-order valence-corrected chi connectivity index (χ4v) is 0.409. The third kappa shape index (κ3) is 1.99. The predicted molar refractivity (Wildman–Crippen MR) is 39.1 cm³/mol. The highest BCUT2D eigenvalue weighted by atomic mass is 35.5. The van der Waals surface area contributed by atoms with Crippen molar-refractivity contribution in [3.63, 3.8) is 0 Å². The highest BCUT2D eigenvalue weighted by molar-refractivity contribution is 5.85. The summed E-state index contributed by atoms with van der Waals surface area (Å²) in [6.45, 7) is 0. The maximum Gasteiger partial charge on any atom is 0.170 e. The summed E-state index contributed by atoms with van der Waals surface area (Å²) in [5.41, 5.74) is 5.49. The highest BCUT2D eigenvalue weighted by Crippen LogP contribution is 1.91. The minimum absolute atomic E-state index is 0. The van der Waals surface area contributed by atoms with E-state index in [0.717, 1.165) is 0 Å². The van der Waals surface area contributed by atoms with Gasteiger partial charge in [0.15, 0.2) is 6.29 Å². The normalized spacial score (nSPS) is 8.00. The number of nitrogen functional groups attached to an aromatic ring is 1. The zero-order valence-electron chi connectivity index (χ0n) is 5.02. The van der Waals surface area contributed by atoms with E-state index in [1.54, 1.807) is 0 Å². The number of anilines is 1. The zero-order chi connectivity index (χ0) is 6.69. The molecule has 0 atom stereocenters. The molecular formula is C5H6ClN3O. The van der Waals surface area contributed by atoms with Crippen molar-refractivity contribution in [2.24, 2.45) is 0 Å². The summed E-state index contributed by atoms with van der Waals surface area (Å²) in [4.78, 5) is 17.2. The summed E-state index contributed by atoms with van der Waals surface area (Å²) < 4.78 is 0. The average Bonchev–Trinajstić information content (AvgIpc) is 1.90. The highest BCUT2D eigenvalue weighted by Gasteiger charge is 1.88. The summed E-state index contributed by atoms with van der Waals surface area (Å²) in [6, 6.07) is 0. The second kappa shape index (κ2) is 3.79. The fourth-order valence-electron chi connectivity index (χ4n) is 0.409. The van der Waals surface area contributed by atoms with Crippen molar-refractivity contribution < 1.29 is 4.79 Å². The van der Waals surface area contributed by atoms with Crippen LogP contribution >= 0.6 is 12.4 Å². The first-order valence-electron chi connectivity index (χ1n) is 2.35. The van der Waals surface area contributed by atoms with E-state index in [0.29, 0.717) is 17.8 Å². The average molecular weight is 160 g/mol. The molecule has 0 spiro atoms. The molecule has 0 saturated carbocycles. The third-order valence-corrected chi connectivity index (χ3v) is 0.813. The van der Waals surface area contributed by atoms with Crippen LogP contribution < -0.4 is 5.73 Å². The van der Waals surface area contributed by atoms with Crippen LogP contribution in [-0.2, 0) is 0 Å². The molecule has 0 aliphatic carbocycles. The van der Waals surface area contributed by atoms with Crippen LogP contribution in [0.25, 0.3) is 0 Å². The first kappa shape index (κ1) is 8.84. The van der Waals surface area contributed by atoms with Gasteiger partial charge in [0.2, 0.25) is 0 Å². The molecule has 0 aliphatic heterocycles. The van der Waals surface area contributed by atoms with Crippen molar-refractivity contribution in [1.82, 2.24) is 9.97 Å². The van der Waals surface area contributed by atoms with Gasteiger partial charge in [0.05, 0.1) is 12.4 Å². The molecule has 0 radical (unpaired) electrons. The van der Waals surface area contributed by atoms with Crippen LogP contribution in [0.4, 0.5) is 5.82 Å². The van der Waals surface area contributed by atoms with E-state index in [1.165, 1.54) is 12.4 Å². The van der Waals surface area contributed by atoms with E-state index in [9.17, 15) is 4.79 Å². The fraction of sp³-hybridized carbons (Fsp3) is 0. The maximum atomic E-state index is 9.97. The summed E-state index contributed by atoms with van der Waals surface area (Å²) in [6.07, 6.45) is 3.28. The predicted octanol–water partition coefficient (Wildman–Crippen LogP) is 0.293. The van der Waals surface area contributed by atoms with Crippen molar-refractivity contribution in [3.05, 3.63) is 18.1 Å². The Morgan fingerprint density at radius 1 is 1.40 bits per heavy atom. The van der Waals surface area contributed by atoms with Crippen molar-refractivity contribution in [1.29, 1.82) is 0 Å². The zero-order valence-corrected chi connectivity index (χ0v) is 5.84. The number of rotatable bonds is 1. The smallest absolute Gasteiger partial charge is 0.170 e. The lowest BCUT2D eigenvalue weighted by Crippen LogP contribution is -1.93. The van der Waals surface area contributed by atoms with E-state index in [1.807, 2.05) is 0 Å². The van der Waals surface area contributed by atoms with Gasteiger partial charge in [-0.15, -0.1) is 12.4 Å². The summed E-state index contributed by atoms with van der Waals surface area (Å²) in [5.74, 6) is 0.320. The molecule has 1 heterocycles. The SMILES string of the molecule is Cl.Nc1cnc(C=O)cn1. The van der Waals surface area contributed by atoms with Gasteiger partial charge < -0.3 is 5.73 Å². The molecule has 54 valence electrons. The van der Waals surface area contributed by atoms with Gasteiger partial charge in [0.1, 0.15) is 11.5 Å². The van der Waals surface area contributed by atoms with Crippen molar-refractivity contribution >= 4 is 24.5 Å². The summed E-state index contributed by atoms with van der Waals surface area (Å²) >= 11 is 0. The Balaban J connectivity index is 0.000000810. The van der Waals surface area contributed by atoms with Crippen LogP contribution in [-0.4, -0.2) is 16.3 Å². The van der Waals surface area contributed by atoms with Gasteiger partial charge in [-0.25, -0.2) is 9.97 Å². The van der Waals surface area contributed by atoms with Crippen molar-refractivity contribution in [2.75, 3.05) is 5.73 Å². The molecule has 0 aliphatic rings. The number of aldehydes is 1. The van der Waals surface area contributed by atoms with Gasteiger partial charge in [0, 0.05) is 0 Å². The maximum absolute atomic E-state index is 9.97. The molecule has 0 aromatic carbocycles. The van der Waals surface area contributed by atoms with Crippen LogP contribution in [0.1, 0.15) is 10.5 Å². The molecule has 2 N–H and O–H groups in total. The number of hydrogen-bond donors (Lipinski definition) is 1. The minimum Gasteiger partial charge on any atom is -0.382 e. The summed E-state index contributed by atoms with van der Waals surface area (Å²) in [7, 11) is 0. The second-order valence-corrected chi connectivity index (χ2v) is 1.48. The van der Waals surface area contributed by atoms with E-state index < -0.39 is 0 Å². The Labute approximate surface area is 63.9 Å². The third-order valence-electron chi connectivity index (χ3n) is 0.813. The molecule has 1 rings (SSSR count). The Kier molecular flexibility index (Phi) is 3.35. The van der Waals surface area contributed by atoms with Crippen LogP contribution in [0, 0.1) is 0 Å². The van der Waals surface area contributed by atoms with Gasteiger partial charge in [-0.1, -0.05) is 0 Å². The molecule has 0 unspecified atom stereocenters. The van der Waals surface area contributed by atoms with Crippen molar-refractivity contribution in [3.8, 4) is 0 Å². The number of aromatic nitrogens is 2. The van der Waals surface area contributed by atoms with E-state index in [2.05, 4.69) is 9.97 Å². The monoisotopic (exact) mass is 159 g/mol. The molecule has 0 bridgehead atoms. The van der Waals surface area contributed by atoms with E-state index in [4.69, 9.17) is 5.73 Å². The van der Waals surface area contributed by atoms with Crippen LogP contribution in [0.15, 0.2) is 12.4 Å². The number of nitrogens with two attached hydrogens (primary N) is 1. The number of carbonyl (C=O) groups excluding carboxylic acids is 1. The van der Waals surface area contributed by atoms with E-state index in [-0.39, 0.29) is 12.4 Å². The molecule has 10 heavy (non-hydrogen) atoms. The van der Waals surface area contributed by atoms with Crippen molar-refractivity contribution in [2.45, 2.75) is 0 Å². The number of halogens is 1. The van der Waals surface area contributed by atoms with Crippen LogP contribution in [0.2, 0.25) is 0 Å². The Bertz CT molecular complexity index is 211.